The number of aliphatic hydroxyl groups excluding tert-OH is 1. The third kappa shape index (κ3) is 5.14. The van der Waals surface area contributed by atoms with Crippen molar-refractivity contribution in [1.82, 2.24) is 0 Å². The van der Waals surface area contributed by atoms with Crippen LogP contribution in [0.1, 0.15) is 84.0 Å². The molecule has 8 unspecified atom stereocenters. The van der Waals surface area contributed by atoms with Crippen molar-refractivity contribution in [2.24, 2.45) is 41.4 Å². The molecule has 0 saturated heterocycles. The molecule has 228 valence electrons. The summed E-state index contributed by atoms with van der Waals surface area (Å²) in [4.78, 5) is 0. The molecule has 1 aromatic rings. The van der Waals surface area contributed by atoms with Crippen LogP contribution < -0.4 is 10.4 Å². The van der Waals surface area contributed by atoms with Crippen LogP contribution in [0.5, 0.6) is 0 Å². The third-order valence-electron chi connectivity index (χ3n) is 12.4. The Hall–Kier alpha value is -2.90. The lowest BCUT2D eigenvalue weighted by Gasteiger charge is -2.41. The van der Waals surface area contributed by atoms with Crippen molar-refractivity contribution in [2.75, 3.05) is 0 Å². The van der Waals surface area contributed by atoms with Gasteiger partial charge in [-0.25, -0.2) is 0 Å². The topological polar surface area (TPSA) is 20.2 Å². The zero-order valence-electron chi connectivity index (χ0n) is 26.6. The maximum atomic E-state index is 11.1. The lowest BCUT2D eigenvalue weighted by molar-refractivity contribution is 0.152. The van der Waals surface area contributed by atoms with E-state index >= 15 is 0 Å². The first kappa shape index (κ1) is 28.6. The largest absolute Gasteiger partial charge is 0.389 e. The molecule has 8 atom stereocenters. The van der Waals surface area contributed by atoms with Crippen LogP contribution in [-0.4, -0.2) is 11.2 Å². The molecule has 0 radical (unpaired) electrons. The lowest BCUT2D eigenvalue weighted by atomic mass is 9.63. The van der Waals surface area contributed by atoms with E-state index < -0.39 is 0 Å². The average Bonchev–Trinajstić information content (AvgIpc) is 3.07. The Bertz CT molecular complexity index is 1630. The van der Waals surface area contributed by atoms with Crippen LogP contribution in [0.4, 0.5) is 0 Å². The minimum atomic E-state index is -0.258. The maximum absolute atomic E-state index is 11.1. The predicted molar refractivity (Wildman–Crippen MR) is 184 cm³/mol. The highest BCUT2D eigenvalue weighted by atomic mass is 16.3. The van der Waals surface area contributed by atoms with Crippen LogP contribution in [0.3, 0.4) is 0 Å². The monoisotopic (exact) mass is 582 g/mol. The number of hydrogen-bond acceptors (Lipinski definition) is 1. The number of hydrogen-bond donors (Lipinski definition) is 1. The maximum Gasteiger partial charge on any atom is 0.0756 e. The molecule has 0 aliphatic heterocycles. The van der Waals surface area contributed by atoms with Gasteiger partial charge >= 0.3 is 0 Å². The summed E-state index contributed by atoms with van der Waals surface area (Å²) in [5.41, 5.74) is 9.44. The Morgan fingerprint density at radius 3 is 2.45 bits per heavy atom. The number of allylic oxidation sites excluding steroid dienone is 13. The van der Waals surface area contributed by atoms with Crippen molar-refractivity contribution >= 4 is 11.1 Å². The highest BCUT2D eigenvalue weighted by Crippen LogP contribution is 2.49. The summed E-state index contributed by atoms with van der Waals surface area (Å²) >= 11 is 0. The summed E-state index contributed by atoms with van der Waals surface area (Å²) in [7, 11) is 0. The molecule has 1 N–H and O–H groups in total. The highest BCUT2D eigenvalue weighted by molar-refractivity contribution is 5.75. The second kappa shape index (κ2) is 12.1. The van der Waals surface area contributed by atoms with Gasteiger partial charge in [-0.3, -0.25) is 0 Å². The minimum Gasteiger partial charge on any atom is -0.389 e. The number of benzene rings is 1. The van der Waals surface area contributed by atoms with Gasteiger partial charge in [0.25, 0.3) is 0 Å². The summed E-state index contributed by atoms with van der Waals surface area (Å²) in [6, 6.07) is 9.45. The Morgan fingerprint density at radius 1 is 0.727 bits per heavy atom. The molecule has 1 aromatic carbocycles. The van der Waals surface area contributed by atoms with Gasteiger partial charge in [-0.2, -0.15) is 0 Å². The van der Waals surface area contributed by atoms with E-state index in [1.54, 1.807) is 27.9 Å². The Labute approximate surface area is 264 Å². The quantitative estimate of drug-likeness (QED) is 0.352. The van der Waals surface area contributed by atoms with Gasteiger partial charge in [0.15, 0.2) is 0 Å². The van der Waals surface area contributed by atoms with Gasteiger partial charge in [0.05, 0.1) is 6.10 Å². The smallest absolute Gasteiger partial charge is 0.0756 e. The van der Waals surface area contributed by atoms with Gasteiger partial charge in [0.2, 0.25) is 0 Å². The molecule has 0 aromatic heterocycles. The first-order valence-electron chi connectivity index (χ1n) is 18.0. The highest BCUT2D eigenvalue weighted by Gasteiger charge is 2.39. The van der Waals surface area contributed by atoms with Gasteiger partial charge in [0.1, 0.15) is 0 Å². The SMILES string of the molecule is CC1CCC=CC1C1=CC(C2CCC=C(C3=c4ccccc4=C(C4C=CC5=C(C=CCC5)C4)C4CCC=CC34)C2)CCC1O. The number of rotatable bonds is 4. The molecule has 0 fully saturated rings. The van der Waals surface area contributed by atoms with Crippen LogP contribution in [0, 0.1) is 41.4 Å². The first-order valence-corrected chi connectivity index (χ1v) is 18.0. The molecule has 1 heteroatoms. The number of aliphatic hydroxyl groups is 1. The molecule has 1 nitrogen and oxygen atoms in total. The van der Waals surface area contributed by atoms with E-state index in [4.69, 9.17) is 0 Å². The number of fused-ring (bicyclic) bond motifs is 2. The summed E-state index contributed by atoms with van der Waals surface area (Å²) in [6.07, 6.45) is 38.7. The third-order valence-corrected chi connectivity index (χ3v) is 12.4. The van der Waals surface area contributed by atoms with Gasteiger partial charge < -0.3 is 5.11 Å². The molecule has 0 heterocycles. The van der Waals surface area contributed by atoms with Crippen molar-refractivity contribution in [1.29, 1.82) is 0 Å². The molecular weight excluding hydrogens is 532 g/mol. The predicted octanol–water partition coefficient (Wildman–Crippen LogP) is 8.83. The fraction of sp³-hybridized carbons (Fsp3) is 0.488. The second-order valence-electron chi connectivity index (χ2n) is 14.9. The summed E-state index contributed by atoms with van der Waals surface area (Å²) < 4.78 is 0. The zero-order chi connectivity index (χ0) is 29.6. The molecule has 0 amide bonds. The molecule has 7 aliphatic rings. The van der Waals surface area contributed by atoms with Crippen LogP contribution >= 0.6 is 0 Å². The van der Waals surface area contributed by atoms with E-state index in [9.17, 15) is 5.11 Å². The average molecular weight is 583 g/mol. The van der Waals surface area contributed by atoms with E-state index in [2.05, 4.69) is 91.9 Å². The molecule has 8 rings (SSSR count). The molecule has 7 aliphatic carbocycles. The van der Waals surface area contributed by atoms with Crippen molar-refractivity contribution in [3.8, 4) is 0 Å². The lowest BCUT2D eigenvalue weighted by Crippen LogP contribution is -2.43. The van der Waals surface area contributed by atoms with Crippen molar-refractivity contribution in [2.45, 2.75) is 90.1 Å². The van der Waals surface area contributed by atoms with Crippen molar-refractivity contribution in [3.63, 3.8) is 0 Å². The van der Waals surface area contributed by atoms with E-state index in [1.165, 1.54) is 73.8 Å². The molecule has 0 spiro atoms. The standard InChI is InChI=1S/C43H50O/c1-28-11-2-5-16-35(28)40-27-32(23-24-41(40)44)31-14-10-15-33(26-31)42-36-17-6-8-19-38(36)43(39-20-9-7-18-37(39)42)34-22-21-29-12-3-4-13-30(29)25-34/h4-8,13,15-19,21-22,27-28,31-32,34-35,37,39,41,44H,2-3,9-12,14,20,23-26H2,1H3. The molecule has 0 saturated carbocycles. The van der Waals surface area contributed by atoms with Gasteiger partial charge in [-0.1, -0.05) is 97.5 Å². The van der Waals surface area contributed by atoms with Crippen molar-refractivity contribution < 1.29 is 5.11 Å². The van der Waals surface area contributed by atoms with Crippen LogP contribution in [-0.2, 0) is 0 Å². The van der Waals surface area contributed by atoms with Crippen LogP contribution in [0.25, 0.3) is 11.1 Å². The normalized spacial score (nSPS) is 36.4. The van der Waals surface area contributed by atoms with E-state index in [1.807, 2.05) is 0 Å². The molecule has 0 bridgehead atoms. The Kier molecular flexibility index (Phi) is 7.87. The first-order chi connectivity index (χ1) is 21.7. The summed E-state index contributed by atoms with van der Waals surface area (Å²) in [5.74, 6) is 3.88. The summed E-state index contributed by atoms with van der Waals surface area (Å²) in [6.45, 7) is 2.38. The zero-order valence-corrected chi connectivity index (χ0v) is 26.6. The van der Waals surface area contributed by atoms with E-state index in [0.29, 0.717) is 41.4 Å². The van der Waals surface area contributed by atoms with Gasteiger partial charge in [0, 0.05) is 17.8 Å². The Morgan fingerprint density at radius 2 is 1.57 bits per heavy atom. The van der Waals surface area contributed by atoms with E-state index in [0.717, 1.165) is 19.3 Å². The second-order valence-corrected chi connectivity index (χ2v) is 14.9. The molecular formula is C43H50O. The van der Waals surface area contributed by atoms with Crippen molar-refractivity contribution in [3.05, 3.63) is 118 Å². The summed E-state index contributed by atoms with van der Waals surface area (Å²) in [5, 5.41) is 14.1. The van der Waals surface area contributed by atoms with Gasteiger partial charge in [-0.15, -0.1) is 0 Å². The fourth-order valence-corrected chi connectivity index (χ4v) is 10.2. The van der Waals surface area contributed by atoms with E-state index in [-0.39, 0.29) is 6.10 Å². The van der Waals surface area contributed by atoms with Crippen LogP contribution in [0.15, 0.2) is 107 Å². The molecule has 44 heavy (non-hydrogen) atoms. The fourth-order valence-electron chi connectivity index (χ4n) is 10.2. The minimum absolute atomic E-state index is 0.258. The Balaban J connectivity index is 1.17. The van der Waals surface area contributed by atoms with Crippen LogP contribution in [0.2, 0.25) is 0 Å². The van der Waals surface area contributed by atoms with Gasteiger partial charge in [-0.05, 0) is 139 Å².